The van der Waals surface area contributed by atoms with E-state index in [1.54, 1.807) is 12.1 Å². The van der Waals surface area contributed by atoms with Crippen LogP contribution < -0.4 is 5.32 Å². The van der Waals surface area contributed by atoms with E-state index in [0.29, 0.717) is 4.47 Å². The van der Waals surface area contributed by atoms with Crippen LogP contribution in [0, 0.1) is 0 Å². The summed E-state index contributed by atoms with van der Waals surface area (Å²) in [4.78, 5) is 36.5. The molecule has 0 radical (unpaired) electrons. The molecule has 0 atom stereocenters. The van der Waals surface area contributed by atoms with Crippen molar-refractivity contribution in [2.45, 2.75) is 32.2 Å². The largest absolute Gasteiger partial charge is 0.468 e. The van der Waals surface area contributed by atoms with Crippen molar-refractivity contribution in [2.24, 2.45) is 0 Å². The number of hydrogen-bond donors (Lipinski definition) is 1. The van der Waals surface area contributed by atoms with Gasteiger partial charge in [0.05, 0.1) is 14.2 Å². The first-order valence-electron chi connectivity index (χ1n) is 6.88. The van der Waals surface area contributed by atoms with Crippen LogP contribution in [0.1, 0.15) is 42.6 Å². The van der Waals surface area contributed by atoms with E-state index in [9.17, 15) is 14.4 Å². The summed E-state index contributed by atoms with van der Waals surface area (Å²) in [6, 6.07) is 4.74. The lowest BCUT2D eigenvalue weighted by Gasteiger charge is -2.23. The maximum absolute atomic E-state index is 12.5. The summed E-state index contributed by atoms with van der Waals surface area (Å²) in [5, 5.41) is 2.81. The molecule has 1 rings (SSSR count). The van der Waals surface area contributed by atoms with Gasteiger partial charge in [0.25, 0.3) is 5.91 Å². The number of amides is 1. The zero-order valence-corrected chi connectivity index (χ0v) is 15.3. The van der Waals surface area contributed by atoms with E-state index in [1.165, 1.54) is 20.3 Å². The number of ether oxygens (including phenoxy) is 2. The number of carbonyl (C=O) groups is 3. The van der Waals surface area contributed by atoms with Gasteiger partial charge in [-0.25, -0.2) is 0 Å². The average molecular weight is 386 g/mol. The Labute approximate surface area is 143 Å². The van der Waals surface area contributed by atoms with Crippen LogP contribution in [-0.4, -0.2) is 37.6 Å². The molecule has 0 heterocycles. The Morgan fingerprint density at radius 3 is 2.04 bits per heavy atom. The average Bonchev–Trinajstić information content (AvgIpc) is 2.45. The Hall–Kier alpha value is -1.89. The number of nitrogens with one attached hydrogen (secondary N) is 1. The molecule has 0 fully saturated rings. The molecule has 0 saturated heterocycles. The lowest BCUT2D eigenvalue weighted by Crippen LogP contribution is -2.41. The van der Waals surface area contributed by atoms with Gasteiger partial charge in [0, 0.05) is 15.6 Å². The fourth-order valence-electron chi connectivity index (χ4n) is 1.97. The summed E-state index contributed by atoms with van der Waals surface area (Å²) in [6.07, 6.45) is 0. The lowest BCUT2D eigenvalue weighted by atomic mass is 9.93. The number of methoxy groups -OCH3 is 2. The summed E-state index contributed by atoms with van der Waals surface area (Å²) >= 11 is 3.28. The van der Waals surface area contributed by atoms with Crippen molar-refractivity contribution < 1.29 is 23.9 Å². The van der Waals surface area contributed by atoms with Gasteiger partial charge < -0.3 is 14.8 Å². The maximum Gasteiger partial charge on any atom is 0.324 e. The molecule has 0 bridgehead atoms. The fourth-order valence-corrected chi connectivity index (χ4v) is 2.35. The van der Waals surface area contributed by atoms with Gasteiger partial charge in [0.15, 0.2) is 5.92 Å². The first-order valence-corrected chi connectivity index (χ1v) is 7.67. The lowest BCUT2D eigenvalue weighted by molar-refractivity contribution is -0.154. The minimum Gasteiger partial charge on any atom is -0.468 e. The zero-order chi connectivity index (χ0) is 17.8. The smallest absolute Gasteiger partial charge is 0.324 e. The topological polar surface area (TPSA) is 81.7 Å². The van der Waals surface area contributed by atoms with Crippen LogP contribution in [0.15, 0.2) is 22.7 Å². The minimum absolute atomic E-state index is 0.212. The summed E-state index contributed by atoms with van der Waals surface area (Å²) in [6.45, 7) is 5.50. The highest BCUT2D eigenvalue weighted by Gasteiger charge is 2.34. The van der Waals surface area contributed by atoms with Crippen molar-refractivity contribution in [3.05, 3.63) is 33.8 Å². The second kappa shape index (κ2) is 7.59. The quantitative estimate of drug-likeness (QED) is 0.635. The van der Waals surface area contributed by atoms with E-state index in [0.717, 1.165) is 0 Å². The number of carbonyl (C=O) groups excluding carboxylic acids is 3. The molecule has 1 aromatic rings. The number of esters is 2. The summed E-state index contributed by atoms with van der Waals surface area (Å²) in [5.41, 5.74) is -0.0308. The fraction of sp³-hybridized carbons (Fsp3) is 0.438. The van der Waals surface area contributed by atoms with Gasteiger partial charge in [-0.05, 0) is 44.5 Å². The highest BCUT2D eigenvalue weighted by Crippen LogP contribution is 2.27. The van der Waals surface area contributed by atoms with E-state index in [1.807, 2.05) is 20.8 Å². The standard InChI is InChI=1S/C16H20BrNO5/c1-16(2,3)18-13(19)10-7-6-9(17)8-11(10)12(14(20)22-4)15(21)23-5/h6-8,12H,1-5H3,(H,18,19). The van der Waals surface area contributed by atoms with Crippen molar-refractivity contribution >= 4 is 33.8 Å². The molecule has 23 heavy (non-hydrogen) atoms. The van der Waals surface area contributed by atoms with Crippen molar-refractivity contribution in [1.82, 2.24) is 5.32 Å². The molecule has 7 heteroatoms. The number of rotatable bonds is 4. The van der Waals surface area contributed by atoms with Gasteiger partial charge in [-0.2, -0.15) is 0 Å². The number of halogens is 1. The summed E-state index contributed by atoms with van der Waals surface area (Å²) in [5.74, 6) is -3.31. The van der Waals surface area contributed by atoms with Crippen LogP contribution in [0.3, 0.4) is 0 Å². The molecule has 0 spiro atoms. The first kappa shape index (κ1) is 19.2. The third kappa shape index (κ3) is 5.06. The molecule has 0 aliphatic heterocycles. The molecule has 0 aromatic heterocycles. The van der Waals surface area contributed by atoms with E-state index >= 15 is 0 Å². The molecular weight excluding hydrogens is 366 g/mol. The van der Waals surface area contributed by atoms with Gasteiger partial charge in [0.2, 0.25) is 0 Å². The van der Waals surface area contributed by atoms with Crippen LogP contribution in [0.5, 0.6) is 0 Å². The monoisotopic (exact) mass is 385 g/mol. The highest BCUT2D eigenvalue weighted by atomic mass is 79.9. The van der Waals surface area contributed by atoms with Crippen LogP contribution in [0.4, 0.5) is 0 Å². The van der Waals surface area contributed by atoms with Gasteiger partial charge in [-0.3, -0.25) is 14.4 Å². The molecule has 1 N–H and O–H groups in total. The zero-order valence-electron chi connectivity index (χ0n) is 13.7. The second-order valence-corrected chi connectivity index (χ2v) is 6.83. The first-order chi connectivity index (χ1) is 10.6. The van der Waals surface area contributed by atoms with Crippen LogP contribution in [-0.2, 0) is 19.1 Å². The third-order valence-corrected chi connectivity index (χ3v) is 3.42. The van der Waals surface area contributed by atoms with Crippen molar-refractivity contribution in [3.63, 3.8) is 0 Å². The molecule has 1 amide bonds. The number of hydrogen-bond acceptors (Lipinski definition) is 5. The molecular formula is C16H20BrNO5. The van der Waals surface area contributed by atoms with Crippen LogP contribution in [0.2, 0.25) is 0 Å². The van der Waals surface area contributed by atoms with E-state index in [2.05, 4.69) is 30.7 Å². The van der Waals surface area contributed by atoms with Crippen molar-refractivity contribution in [2.75, 3.05) is 14.2 Å². The summed E-state index contributed by atoms with van der Waals surface area (Å²) in [7, 11) is 2.34. The van der Waals surface area contributed by atoms with Crippen LogP contribution in [0.25, 0.3) is 0 Å². The molecule has 0 unspecified atom stereocenters. The predicted octanol–water partition coefficient (Wildman–Crippen LogP) is 2.41. The Bertz CT molecular complexity index is 605. The van der Waals surface area contributed by atoms with E-state index in [-0.39, 0.29) is 11.1 Å². The van der Waals surface area contributed by atoms with Gasteiger partial charge in [0.1, 0.15) is 0 Å². The molecule has 0 aliphatic rings. The minimum atomic E-state index is -1.33. The van der Waals surface area contributed by atoms with Crippen molar-refractivity contribution in [1.29, 1.82) is 0 Å². The van der Waals surface area contributed by atoms with Gasteiger partial charge >= 0.3 is 11.9 Å². The van der Waals surface area contributed by atoms with Crippen molar-refractivity contribution in [3.8, 4) is 0 Å². The molecule has 0 aliphatic carbocycles. The molecule has 0 saturated carbocycles. The Balaban J connectivity index is 3.42. The normalized spacial score (nSPS) is 11.1. The Morgan fingerprint density at radius 2 is 1.61 bits per heavy atom. The molecule has 126 valence electrons. The summed E-state index contributed by atoms with van der Waals surface area (Å²) < 4.78 is 9.98. The molecule has 6 nitrogen and oxygen atoms in total. The SMILES string of the molecule is COC(=O)C(C(=O)OC)c1cc(Br)ccc1C(=O)NC(C)(C)C. The maximum atomic E-state index is 12.5. The molecule has 1 aromatic carbocycles. The van der Waals surface area contributed by atoms with Gasteiger partial charge in [-0.1, -0.05) is 15.9 Å². The Morgan fingerprint density at radius 1 is 1.09 bits per heavy atom. The van der Waals surface area contributed by atoms with E-state index in [4.69, 9.17) is 0 Å². The third-order valence-electron chi connectivity index (χ3n) is 2.93. The number of benzene rings is 1. The van der Waals surface area contributed by atoms with E-state index < -0.39 is 29.3 Å². The highest BCUT2D eigenvalue weighted by molar-refractivity contribution is 9.10. The Kier molecular flexibility index (Phi) is 6.32. The second-order valence-electron chi connectivity index (χ2n) is 5.92. The van der Waals surface area contributed by atoms with Crippen LogP contribution >= 0.6 is 15.9 Å². The predicted molar refractivity (Wildman–Crippen MR) is 88.1 cm³/mol. The van der Waals surface area contributed by atoms with Gasteiger partial charge in [-0.15, -0.1) is 0 Å².